The first-order chi connectivity index (χ1) is 17.5. The van der Waals surface area contributed by atoms with E-state index in [9.17, 15) is 9.18 Å². The van der Waals surface area contributed by atoms with Gasteiger partial charge in [0.1, 0.15) is 5.82 Å². The zero-order valence-corrected chi connectivity index (χ0v) is 20.3. The van der Waals surface area contributed by atoms with Crippen molar-refractivity contribution in [3.63, 3.8) is 0 Å². The van der Waals surface area contributed by atoms with Crippen LogP contribution in [-0.2, 0) is 0 Å². The first kappa shape index (κ1) is 22.4. The fourth-order valence-corrected chi connectivity index (χ4v) is 4.86. The number of benzene rings is 3. The van der Waals surface area contributed by atoms with Crippen LogP contribution in [0.3, 0.4) is 0 Å². The highest BCUT2D eigenvalue weighted by Gasteiger charge is 2.27. The molecule has 6 rings (SSSR count). The lowest BCUT2D eigenvalue weighted by Gasteiger charge is -2.35. The molecule has 0 N–H and O–H groups in total. The topological polar surface area (TPSA) is 66.6 Å². The molecule has 1 amide bonds. The van der Waals surface area contributed by atoms with Gasteiger partial charge < -0.3 is 9.80 Å². The van der Waals surface area contributed by atoms with Crippen molar-refractivity contribution in [1.29, 1.82) is 0 Å². The van der Waals surface area contributed by atoms with E-state index in [0.29, 0.717) is 48.6 Å². The predicted octanol–water partition coefficient (Wildman–Crippen LogP) is 5.01. The smallest absolute Gasteiger partial charge is 0.256 e. The van der Waals surface area contributed by atoms with Crippen molar-refractivity contribution in [1.82, 2.24) is 24.5 Å². The van der Waals surface area contributed by atoms with E-state index in [1.807, 2.05) is 47.7 Å². The van der Waals surface area contributed by atoms with E-state index in [4.69, 9.17) is 16.6 Å². The second kappa shape index (κ2) is 8.87. The number of carbonyl (C=O) groups excluding carboxylic acids is 1. The minimum Gasteiger partial charge on any atom is -0.338 e. The highest BCUT2D eigenvalue weighted by molar-refractivity contribution is 6.31. The summed E-state index contributed by atoms with van der Waals surface area (Å²) in [4.78, 5) is 21.7. The largest absolute Gasteiger partial charge is 0.338 e. The van der Waals surface area contributed by atoms with Gasteiger partial charge in [0.05, 0.1) is 11.1 Å². The average Bonchev–Trinajstić information content (AvgIpc) is 3.33. The molecular formula is C27H22ClFN6O. The molecule has 3 heterocycles. The van der Waals surface area contributed by atoms with Gasteiger partial charge in [0, 0.05) is 42.2 Å². The van der Waals surface area contributed by atoms with Crippen LogP contribution in [0.4, 0.5) is 10.3 Å². The van der Waals surface area contributed by atoms with Crippen LogP contribution in [0.5, 0.6) is 0 Å². The molecule has 0 aliphatic carbocycles. The number of halogens is 2. The molecule has 0 saturated carbocycles. The van der Waals surface area contributed by atoms with Crippen molar-refractivity contribution in [2.45, 2.75) is 6.92 Å². The first-order valence-corrected chi connectivity index (χ1v) is 12.1. The van der Waals surface area contributed by atoms with Crippen LogP contribution < -0.4 is 4.90 Å². The van der Waals surface area contributed by atoms with Crippen molar-refractivity contribution in [3.8, 4) is 11.4 Å². The van der Waals surface area contributed by atoms with Crippen LogP contribution in [0, 0.1) is 12.7 Å². The van der Waals surface area contributed by atoms with Gasteiger partial charge in [0.25, 0.3) is 5.91 Å². The van der Waals surface area contributed by atoms with Gasteiger partial charge in [-0.3, -0.25) is 4.79 Å². The maximum absolute atomic E-state index is 14.2. The molecule has 0 spiro atoms. The van der Waals surface area contributed by atoms with Crippen LogP contribution in [0.2, 0.25) is 5.02 Å². The lowest BCUT2D eigenvalue weighted by atomic mass is 10.1. The summed E-state index contributed by atoms with van der Waals surface area (Å²) >= 11 is 6.28. The highest BCUT2D eigenvalue weighted by Crippen LogP contribution is 2.30. The van der Waals surface area contributed by atoms with Crippen LogP contribution in [0.25, 0.3) is 27.9 Å². The molecule has 0 radical (unpaired) electrons. The Hall–Kier alpha value is -4.04. The molecule has 1 saturated heterocycles. The number of anilines is 1. The van der Waals surface area contributed by atoms with E-state index < -0.39 is 5.82 Å². The van der Waals surface area contributed by atoms with Gasteiger partial charge in [0.15, 0.2) is 11.5 Å². The van der Waals surface area contributed by atoms with Crippen LogP contribution in [0.15, 0.2) is 66.7 Å². The Morgan fingerprint density at radius 3 is 2.53 bits per heavy atom. The summed E-state index contributed by atoms with van der Waals surface area (Å²) in [7, 11) is 0. The Balaban J connectivity index is 1.41. The second-order valence-corrected chi connectivity index (χ2v) is 9.32. The Morgan fingerprint density at radius 1 is 0.944 bits per heavy atom. The molecule has 1 aliphatic heterocycles. The van der Waals surface area contributed by atoms with Crippen molar-refractivity contribution < 1.29 is 9.18 Å². The minimum absolute atomic E-state index is 0.0901. The van der Waals surface area contributed by atoms with E-state index in [1.165, 1.54) is 12.1 Å². The number of amides is 1. The maximum atomic E-state index is 14.2. The Bertz CT molecular complexity index is 1630. The summed E-state index contributed by atoms with van der Waals surface area (Å²) in [5.41, 5.74) is 3.55. The Morgan fingerprint density at radius 2 is 1.75 bits per heavy atom. The molecule has 0 atom stereocenters. The molecule has 1 fully saturated rings. The molecule has 7 nitrogen and oxygen atoms in total. The van der Waals surface area contributed by atoms with Crippen molar-refractivity contribution >= 4 is 40.0 Å². The van der Waals surface area contributed by atoms with Crippen molar-refractivity contribution in [2.75, 3.05) is 31.1 Å². The summed E-state index contributed by atoms with van der Waals surface area (Å²) in [6.45, 7) is 3.96. The summed E-state index contributed by atoms with van der Waals surface area (Å²) in [6.07, 6.45) is 0. The number of rotatable bonds is 3. The van der Waals surface area contributed by atoms with Crippen molar-refractivity contribution in [3.05, 3.63) is 88.7 Å². The number of carbonyl (C=O) groups is 1. The third-order valence-corrected chi connectivity index (χ3v) is 6.75. The molecule has 9 heteroatoms. The molecule has 1 aliphatic rings. The number of hydrogen-bond acceptors (Lipinski definition) is 5. The molecule has 36 heavy (non-hydrogen) atoms. The Kier molecular flexibility index (Phi) is 5.53. The fraction of sp³-hybridized carbons (Fsp3) is 0.185. The number of hydrogen-bond donors (Lipinski definition) is 0. The van der Waals surface area contributed by atoms with Gasteiger partial charge in [-0.05, 0) is 43.3 Å². The van der Waals surface area contributed by atoms with Gasteiger partial charge in [-0.25, -0.2) is 13.8 Å². The lowest BCUT2D eigenvalue weighted by Crippen LogP contribution is -2.49. The molecule has 5 aromatic rings. The molecule has 180 valence electrons. The third-order valence-electron chi connectivity index (χ3n) is 6.51. The minimum atomic E-state index is -0.507. The zero-order valence-electron chi connectivity index (χ0n) is 19.5. The van der Waals surface area contributed by atoms with E-state index in [1.54, 1.807) is 17.0 Å². The third kappa shape index (κ3) is 3.83. The maximum Gasteiger partial charge on any atom is 0.256 e. The fourth-order valence-electron chi connectivity index (χ4n) is 4.69. The van der Waals surface area contributed by atoms with Gasteiger partial charge >= 0.3 is 0 Å². The highest BCUT2D eigenvalue weighted by atomic mass is 35.5. The monoisotopic (exact) mass is 500 g/mol. The summed E-state index contributed by atoms with van der Waals surface area (Å²) in [6, 6.07) is 19.7. The summed E-state index contributed by atoms with van der Waals surface area (Å²) in [5.74, 6) is 0.560. The van der Waals surface area contributed by atoms with Gasteiger partial charge in [-0.15, -0.1) is 10.2 Å². The quantitative estimate of drug-likeness (QED) is 0.348. The predicted molar refractivity (Wildman–Crippen MR) is 138 cm³/mol. The van der Waals surface area contributed by atoms with Crippen molar-refractivity contribution in [2.24, 2.45) is 0 Å². The number of aryl methyl sites for hydroxylation is 1. The van der Waals surface area contributed by atoms with E-state index >= 15 is 0 Å². The number of aromatic nitrogens is 4. The molecule has 0 unspecified atom stereocenters. The van der Waals surface area contributed by atoms with E-state index in [2.05, 4.69) is 21.2 Å². The first-order valence-electron chi connectivity index (χ1n) is 11.7. The molecule has 2 aromatic heterocycles. The van der Waals surface area contributed by atoms with Gasteiger partial charge in [-0.1, -0.05) is 47.5 Å². The van der Waals surface area contributed by atoms with E-state index in [0.717, 1.165) is 22.0 Å². The number of fused-ring (bicyclic) bond motifs is 3. The van der Waals surface area contributed by atoms with Crippen LogP contribution in [0.1, 0.15) is 15.9 Å². The summed E-state index contributed by atoms with van der Waals surface area (Å²) in [5, 5.41) is 10.5. The lowest BCUT2D eigenvalue weighted by molar-refractivity contribution is 0.0741. The SMILES string of the molecule is Cc1cccc(-c2nnc3c4ccc(Cl)cc4nc(N4CCN(C(=O)c5ccccc5F)CC4)n23)c1. The Labute approximate surface area is 211 Å². The molecule has 0 bridgehead atoms. The van der Waals surface area contributed by atoms with Crippen LogP contribution >= 0.6 is 11.6 Å². The van der Waals surface area contributed by atoms with Gasteiger partial charge in [0.2, 0.25) is 5.95 Å². The van der Waals surface area contributed by atoms with Gasteiger partial charge in [-0.2, -0.15) is 0 Å². The zero-order chi connectivity index (χ0) is 24.8. The van der Waals surface area contributed by atoms with Crippen LogP contribution in [-0.4, -0.2) is 56.6 Å². The standard InChI is InChI=1S/C27H22ClFN6O/c1-17-5-4-6-18(15-17)24-31-32-25-21-10-9-19(28)16-23(21)30-27(35(24)25)34-13-11-33(12-14-34)26(36)20-7-2-3-8-22(20)29/h2-10,15-16H,11-14H2,1H3. The normalized spacial score (nSPS) is 14.1. The molecule has 3 aromatic carbocycles. The number of nitrogens with zero attached hydrogens (tertiary/aromatic N) is 6. The molecular weight excluding hydrogens is 479 g/mol. The van der Waals surface area contributed by atoms with E-state index in [-0.39, 0.29) is 11.5 Å². The second-order valence-electron chi connectivity index (χ2n) is 8.88. The number of piperazine rings is 1. The average molecular weight is 501 g/mol. The summed E-state index contributed by atoms with van der Waals surface area (Å²) < 4.78 is 16.2.